The van der Waals surface area contributed by atoms with Gasteiger partial charge < -0.3 is 15.7 Å². The summed E-state index contributed by atoms with van der Waals surface area (Å²) in [5.41, 5.74) is 0. The van der Waals surface area contributed by atoms with Crippen molar-refractivity contribution in [1.29, 1.82) is 0 Å². The minimum Gasteiger partial charge on any atom is -0.480 e. The average molecular weight is 216 g/mol. The number of carbonyl (C=O) groups is 2. The number of rotatable bonds is 6. The van der Waals surface area contributed by atoms with Crippen LogP contribution in [0, 0.1) is 5.92 Å². The van der Waals surface area contributed by atoms with Gasteiger partial charge in [0.15, 0.2) is 0 Å². The number of amides is 2. The molecule has 0 bridgehead atoms. The Kier molecular flexibility index (Phi) is 6.49. The van der Waals surface area contributed by atoms with Crippen LogP contribution in [0.4, 0.5) is 4.79 Å². The van der Waals surface area contributed by atoms with E-state index in [1.807, 2.05) is 13.8 Å². The monoisotopic (exact) mass is 216 g/mol. The van der Waals surface area contributed by atoms with Crippen molar-refractivity contribution in [2.24, 2.45) is 5.92 Å². The van der Waals surface area contributed by atoms with Crippen LogP contribution < -0.4 is 10.6 Å². The summed E-state index contributed by atoms with van der Waals surface area (Å²) in [7, 11) is 0. The molecular formula is C10H20N2O3. The lowest BCUT2D eigenvalue weighted by Crippen LogP contribution is -2.49. The SMILES string of the molecule is CCCNC(=O)N[C@H](C(=O)O)C(C)CC. The van der Waals surface area contributed by atoms with E-state index >= 15 is 0 Å². The zero-order valence-electron chi connectivity index (χ0n) is 9.54. The van der Waals surface area contributed by atoms with Gasteiger partial charge >= 0.3 is 12.0 Å². The predicted octanol–water partition coefficient (Wildman–Crippen LogP) is 1.19. The molecule has 0 saturated carbocycles. The number of carboxylic acid groups (broad SMARTS) is 1. The van der Waals surface area contributed by atoms with E-state index in [2.05, 4.69) is 10.6 Å². The molecular weight excluding hydrogens is 196 g/mol. The summed E-state index contributed by atoms with van der Waals surface area (Å²) in [6, 6.07) is -1.23. The van der Waals surface area contributed by atoms with Crippen molar-refractivity contribution in [2.45, 2.75) is 39.7 Å². The molecule has 5 nitrogen and oxygen atoms in total. The number of hydrogen-bond donors (Lipinski definition) is 3. The summed E-state index contributed by atoms with van der Waals surface area (Å²) in [6.07, 6.45) is 1.54. The molecule has 0 rings (SSSR count). The lowest BCUT2D eigenvalue weighted by molar-refractivity contribution is -0.140. The molecule has 2 amide bonds. The fraction of sp³-hybridized carbons (Fsp3) is 0.800. The molecule has 0 aliphatic heterocycles. The number of carbonyl (C=O) groups excluding carboxylic acids is 1. The van der Waals surface area contributed by atoms with Gasteiger partial charge in [-0.2, -0.15) is 0 Å². The van der Waals surface area contributed by atoms with Gasteiger partial charge in [-0.25, -0.2) is 9.59 Å². The second-order valence-corrected chi connectivity index (χ2v) is 3.60. The first-order valence-corrected chi connectivity index (χ1v) is 5.30. The van der Waals surface area contributed by atoms with Crippen LogP contribution in [0.15, 0.2) is 0 Å². The highest BCUT2D eigenvalue weighted by molar-refractivity contribution is 5.82. The second-order valence-electron chi connectivity index (χ2n) is 3.60. The standard InChI is InChI=1S/C10H20N2O3/c1-4-6-11-10(15)12-8(9(13)14)7(3)5-2/h7-8H,4-6H2,1-3H3,(H,13,14)(H2,11,12,15)/t7?,8-/m0/s1. The summed E-state index contributed by atoms with van der Waals surface area (Å²) in [4.78, 5) is 22.1. The molecule has 0 aliphatic rings. The lowest BCUT2D eigenvalue weighted by atomic mass is 9.99. The van der Waals surface area contributed by atoms with E-state index in [9.17, 15) is 9.59 Å². The van der Waals surface area contributed by atoms with Crippen molar-refractivity contribution in [3.05, 3.63) is 0 Å². The average Bonchev–Trinajstić information content (AvgIpc) is 2.21. The molecule has 0 fully saturated rings. The lowest BCUT2D eigenvalue weighted by Gasteiger charge is -2.20. The maximum atomic E-state index is 11.3. The summed E-state index contributed by atoms with van der Waals surface area (Å²) < 4.78 is 0. The fourth-order valence-electron chi connectivity index (χ4n) is 1.11. The number of aliphatic carboxylic acids is 1. The van der Waals surface area contributed by atoms with E-state index in [0.717, 1.165) is 6.42 Å². The van der Waals surface area contributed by atoms with Gasteiger partial charge in [-0.05, 0) is 12.3 Å². The van der Waals surface area contributed by atoms with Gasteiger partial charge in [-0.1, -0.05) is 27.2 Å². The molecule has 5 heteroatoms. The number of urea groups is 1. The van der Waals surface area contributed by atoms with Crippen molar-refractivity contribution >= 4 is 12.0 Å². The van der Waals surface area contributed by atoms with Gasteiger partial charge in [-0.15, -0.1) is 0 Å². The van der Waals surface area contributed by atoms with Gasteiger partial charge in [0.1, 0.15) is 6.04 Å². The van der Waals surface area contributed by atoms with Crippen molar-refractivity contribution in [1.82, 2.24) is 10.6 Å². The van der Waals surface area contributed by atoms with Gasteiger partial charge in [-0.3, -0.25) is 0 Å². The zero-order valence-corrected chi connectivity index (χ0v) is 9.54. The highest BCUT2D eigenvalue weighted by Crippen LogP contribution is 2.07. The Labute approximate surface area is 90.2 Å². The molecule has 0 heterocycles. The van der Waals surface area contributed by atoms with E-state index in [-0.39, 0.29) is 5.92 Å². The first kappa shape index (κ1) is 13.7. The molecule has 0 aromatic rings. The van der Waals surface area contributed by atoms with Crippen LogP contribution in [-0.2, 0) is 4.79 Å². The van der Waals surface area contributed by atoms with Gasteiger partial charge in [0.25, 0.3) is 0 Å². The quantitative estimate of drug-likeness (QED) is 0.624. The minimum absolute atomic E-state index is 0.0742. The van der Waals surface area contributed by atoms with Crippen LogP contribution in [0.5, 0.6) is 0 Å². The molecule has 0 saturated heterocycles. The summed E-state index contributed by atoms with van der Waals surface area (Å²) in [5.74, 6) is -1.06. The third-order valence-corrected chi connectivity index (χ3v) is 2.30. The van der Waals surface area contributed by atoms with Gasteiger partial charge in [0, 0.05) is 6.54 Å². The number of hydrogen-bond acceptors (Lipinski definition) is 2. The molecule has 0 aliphatic carbocycles. The maximum absolute atomic E-state index is 11.3. The molecule has 0 aromatic heterocycles. The molecule has 0 radical (unpaired) electrons. The van der Waals surface area contributed by atoms with Gasteiger partial charge in [0.2, 0.25) is 0 Å². The Balaban J connectivity index is 4.16. The van der Waals surface area contributed by atoms with Crippen molar-refractivity contribution in [3.8, 4) is 0 Å². The molecule has 3 N–H and O–H groups in total. The van der Waals surface area contributed by atoms with Crippen molar-refractivity contribution < 1.29 is 14.7 Å². The van der Waals surface area contributed by atoms with E-state index in [4.69, 9.17) is 5.11 Å². The Morgan fingerprint density at radius 2 is 1.93 bits per heavy atom. The predicted molar refractivity (Wildman–Crippen MR) is 57.7 cm³/mol. The van der Waals surface area contributed by atoms with Crippen LogP contribution in [0.1, 0.15) is 33.6 Å². The van der Waals surface area contributed by atoms with Gasteiger partial charge in [0.05, 0.1) is 0 Å². The second kappa shape index (κ2) is 7.09. The number of carboxylic acids is 1. The third-order valence-electron chi connectivity index (χ3n) is 2.30. The zero-order chi connectivity index (χ0) is 11.8. The summed E-state index contributed by atoms with van der Waals surface area (Å²) in [5, 5.41) is 13.9. The van der Waals surface area contributed by atoms with E-state index in [1.165, 1.54) is 0 Å². The maximum Gasteiger partial charge on any atom is 0.326 e. The minimum atomic E-state index is -0.990. The highest BCUT2D eigenvalue weighted by atomic mass is 16.4. The van der Waals surface area contributed by atoms with Crippen molar-refractivity contribution in [3.63, 3.8) is 0 Å². The van der Waals surface area contributed by atoms with Crippen LogP contribution in [0.3, 0.4) is 0 Å². The normalized spacial score (nSPS) is 14.1. The Morgan fingerprint density at radius 1 is 1.33 bits per heavy atom. The fourth-order valence-corrected chi connectivity index (χ4v) is 1.11. The van der Waals surface area contributed by atoms with Crippen LogP contribution in [0.25, 0.3) is 0 Å². The Morgan fingerprint density at radius 3 is 2.33 bits per heavy atom. The van der Waals surface area contributed by atoms with Crippen LogP contribution in [-0.4, -0.2) is 29.7 Å². The van der Waals surface area contributed by atoms with Crippen LogP contribution >= 0.6 is 0 Å². The molecule has 15 heavy (non-hydrogen) atoms. The highest BCUT2D eigenvalue weighted by Gasteiger charge is 2.24. The molecule has 1 unspecified atom stereocenters. The number of nitrogens with one attached hydrogen (secondary N) is 2. The molecule has 0 aromatic carbocycles. The Bertz CT molecular complexity index is 219. The van der Waals surface area contributed by atoms with E-state index in [0.29, 0.717) is 13.0 Å². The van der Waals surface area contributed by atoms with E-state index in [1.54, 1.807) is 6.92 Å². The largest absolute Gasteiger partial charge is 0.480 e. The van der Waals surface area contributed by atoms with E-state index < -0.39 is 18.0 Å². The van der Waals surface area contributed by atoms with Crippen molar-refractivity contribution in [2.75, 3.05) is 6.54 Å². The first-order chi connectivity index (χ1) is 7.02. The third kappa shape index (κ3) is 5.24. The summed E-state index contributed by atoms with van der Waals surface area (Å²) >= 11 is 0. The van der Waals surface area contributed by atoms with Crippen LogP contribution in [0.2, 0.25) is 0 Å². The molecule has 88 valence electrons. The topological polar surface area (TPSA) is 78.4 Å². The summed E-state index contributed by atoms with van der Waals surface area (Å²) in [6.45, 7) is 6.19. The smallest absolute Gasteiger partial charge is 0.326 e. The molecule has 0 spiro atoms. The molecule has 2 atom stereocenters. The first-order valence-electron chi connectivity index (χ1n) is 5.30. The Hall–Kier alpha value is -1.26.